The van der Waals surface area contributed by atoms with Crippen molar-refractivity contribution in [3.63, 3.8) is 0 Å². The topological polar surface area (TPSA) is 238 Å². The van der Waals surface area contributed by atoms with Gasteiger partial charge < -0.3 is 38.7 Å². The van der Waals surface area contributed by atoms with E-state index in [2.05, 4.69) is 125 Å². The summed E-state index contributed by atoms with van der Waals surface area (Å²) in [6.45, 7) is 35.0. The van der Waals surface area contributed by atoms with Crippen LogP contribution in [-0.2, 0) is 83.4 Å². The molecule has 1 amide bonds. The van der Waals surface area contributed by atoms with Crippen molar-refractivity contribution in [1.82, 2.24) is 0 Å². The van der Waals surface area contributed by atoms with E-state index >= 15 is 0 Å². The van der Waals surface area contributed by atoms with Crippen molar-refractivity contribution in [3.8, 4) is 11.5 Å². The molecular weight excluding hydrogens is 1450 g/mol. The van der Waals surface area contributed by atoms with Gasteiger partial charge in [0.25, 0.3) is 0 Å². The smallest absolute Gasteiger partial charge is 0.369 e. The van der Waals surface area contributed by atoms with Crippen LogP contribution in [-0.4, -0.2) is 77.4 Å². The SMILES string of the molecule is C1CC2CC1C1C3CCC(C3)C21.CCC(C)(C)C(=O)Nc1cccc(O)c1.CCC(C)(C)C(=O)OC(C)(C)C1Cc2ccccc2C1.CCC(C)(C)C(=O)OC(C)C(F)(F)S(=O)(=O)[O-].CCC(C)(C)C(=O)Oc1ccc2c(c1)COC2=O.CCOC(=O)C(C)(C)CC.c1ccc([S+](c2ccccc2)c2ccccc2)cc1. The molecule has 12 rings (SSSR count). The quantitative estimate of drug-likeness (QED) is 0.0170. The van der Waals surface area contributed by atoms with E-state index in [1.807, 2.05) is 104 Å². The first-order valence-electron chi connectivity index (χ1n) is 39.5. The van der Waals surface area contributed by atoms with Crippen LogP contribution in [0.3, 0.4) is 0 Å². The van der Waals surface area contributed by atoms with Crippen LogP contribution >= 0.6 is 0 Å². The van der Waals surface area contributed by atoms with E-state index in [-0.39, 0.29) is 63.9 Å². The summed E-state index contributed by atoms with van der Waals surface area (Å²) in [6.07, 6.45) is 12.8. The van der Waals surface area contributed by atoms with Gasteiger partial charge in [-0.3, -0.25) is 24.0 Å². The van der Waals surface area contributed by atoms with E-state index in [1.165, 1.54) is 81.2 Å². The molecule has 6 aromatic rings. The average molecular weight is 1570 g/mol. The number of esters is 5. The molecule has 5 atom stereocenters. The second-order valence-electron chi connectivity index (χ2n) is 33.7. The normalized spacial score (nSPS) is 19.0. The number of rotatable bonds is 21. The van der Waals surface area contributed by atoms with Crippen LogP contribution in [0.4, 0.5) is 14.5 Å². The number of alkyl halides is 2. The number of nitrogens with one attached hydrogen (secondary N) is 1. The number of amides is 1. The van der Waals surface area contributed by atoms with E-state index in [0.29, 0.717) is 49.3 Å². The number of anilines is 1. The van der Waals surface area contributed by atoms with Gasteiger partial charge in [0, 0.05) is 28.7 Å². The van der Waals surface area contributed by atoms with Gasteiger partial charge in [0.05, 0.1) is 44.7 Å². The molecule has 4 fully saturated rings. The van der Waals surface area contributed by atoms with Gasteiger partial charge in [-0.1, -0.05) is 133 Å². The van der Waals surface area contributed by atoms with Gasteiger partial charge in [-0.25, -0.2) is 13.2 Å². The Balaban J connectivity index is 0.000000204. The number of carbonyl (C=O) groups is 6. The lowest BCUT2D eigenvalue weighted by Crippen LogP contribution is -2.44. The molecule has 608 valence electrons. The van der Waals surface area contributed by atoms with Gasteiger partial charge >= 0.3 is 35.1 Å². The Hall–Kier alpha value is -7.94. The van der Waals surface area contributed by atoms with Crippen LogP contribution < -0.4 is 10.1 Å². The maximum absolute atomic E-state index is 13.0. The largest absolute Gasteiger partial charge is 0.743 e. The lowest BCUT2D eigenvalue weighted by atomic mass is 9.71. The lowest BCUT2D eigenvalue weighted by molar-refractivity contribution is -0.172. The van der Waals surface area contributed by atoms with Crippen molar-refractivity contribution >= 4 is 62.5 Å². The Morgan fingerprint density at radius 1 is 0.541 bits per heavy atom. The highest BCUT2D eigenvalue weighted by molar-refractivity contribution is 7.97. The summed E-state index contributed by atoms with van der Waals surface area (Å²) in [5, 5.41) is 7.38. The zero-order chi connectivity index (χ0) is 82.7. The third-order valence-corrected chi connectivity index (χ3v) is 26.8. The Bertz CT molecular complexity index is 4000. The molecule has 6 aliphatic rings. The first kappa shape index (κ1) is 91.9. The number of carbonyl (C=O) groups excluding carboxylic acids is 6. The fraction of sp³-hybridized carbons (Fsp3) is 0.538. The highest BCUT2D eigenvalue weighted by atomic mass is 32.2. The second kappa shape index (κ2) is 39.7. The van der Waals surface area contributed by atoms with E-state index in [0.717, 1.165) is 37.7 Å². The number of phenols is 1. The minimum Gasteiger partial charge on any atom is -0.743 e. The van der Waals surface area contributed by atoms with Gasteiger partial charge in [-0.05, 0) is 280 Å². The van der Waals surface area contributed by atoms with E-state index in [4.69, 9.17) is 18.9 Å². The summed E-state index contributed by atoms with van der Waals surface area (Å²) < 4.78 is 82.2. The zero-order valence-electron chi connectivity index (χ0n) is 69.0. The maximum Gasteiger partial charge on any atom is 0.369 e. The van der Waals surface area contributed by atoms with Gasteiger partial charge in [-0.15, -0.1) is 0 Å². The number of halogens is 2. The van der Waals surface area contributed by atoms with E-state index in [1.54, 1.807) is 81.8 Å². The van der Waals surface area contributed by atoms with Crippen molar-refractivity contribution in [2.24, 2.45) is 68.5 Å². The summed E-state index contributed by atoms with van der Waals surface area (Å²) in [5.74, 6) is 6.50. The number of ether oxygens (including phenoxy) is 5. The number of cyclic esters (lactones) is 1. The van der Waals surface area contributed by atoms with Crippen LogP contribution in [0.25, 0.3) is 0 Å². The molecule has 20 heteroatoms. The summed E-state index contributed by atoms with van der Waals surface area (Å²) in [5.41, 5.74) is 1.70. The van der Waals surface area contributed by atoms with Gasteiger partial charge in [0.15, 0.2) is 30.9 Å². The van der Waals surface area contributed by atoms with Crippen LogP contribution in [0.2, 0.25) is 0 Å². The van der Waals surface area contributed by atoms with Gasteiger partial charge in [0.2, 0.25) is 5.91 Å². The summed E-state index contributed by atoms with van der Waals surface area (Å²) in [6, 6.07) is 52.2. The van der Waals surface area contributed by atoms with Crippen LogP contribution in [0.5, 0.6) is 11.5 Å². The fourth-order valence-corrected chi connectivity index (χ4v) is 16.6. The molecule has 0 aromatic heterocycles. The Morgan fingerprint density at radius 2 is 0.955 bits per heavy atom. The van der Waals surface area contributed by atoms with Crippen molar-refractivity contribution in [2.75, 3.05) is 11.9 Å². The number of benzene rings is 6. The number of phenolic OH excluding ortho intramolecular Hbond substituents is 1. The number of hydrogen-bond acceptors (Lipinski definition) is 15. The molecule has 1 aliphatic heterocycles. The predicted octanol–water partition coefficient (Wildman–Crippen LogP) is 21.0. The minimum atomic E-state index is -5.86. The molecule has 16 nitrogen and oxygen atoms in total. The van der Waals surface area contributed by atoms with E-state index in [9.17, 15) is 55.6 Å². The maximum atomic E-state index is 13.0. The molecule has 5 unspecified atom stereocenters. The number of hydrogen-bond donors (Lipinski definition) is 2. The fourth-order valence-electron chi connectivity index (χ4n) is 14.1. The first-order valence-corrected chi connectivity index (χ1v) is 42.1. The van der Waals surface area contributed by atoms with Crippen molar-refractivity contribution in [2.45, 2.75) is 253 Å². The molecule has 111 heavy (non-hydrogen) atoms. The van der Waals surface area contributed by atoms with Crippen molar-refractivity contribution < 1.29 is 79.3 Å². The molecule has 0 radical (unpaired) electrons. The van der Waals surface area contributed by atoms with Crippen molar-refractivity contribution in [3.05, 3.63) is 180 Å². The summed E-state index contributed by atoms with van der Waals surface area (Å²) in [7, 11) is -5.87. The monoisotopic (exact) mass is 1570 g/mol. The van der Waals surface area contributed by atoms with Gasteiger partial charge in [0.1, 0.15) is 23.7 Å². The highest BCUT2D eigenvalue weighted by Gasteiger charge is 2.59. The Labute approximate surface area is 663 Å². The number of aromatic hydroxyl groups is 1. The highest BCUT2D eigenvalue weighted by Crippen LogP contribution is 2.67. The van der Waals surface area contributed by atoms with Crippen LogP contribution in [0, 0.1) is 68.5 Å². The molecule has 6 aromatic carbocycles. The molecule has 4 saturated carbocycles. The molecular formula is C91H123F2NO15S2. The third-order valence-electron chi connectivity index (χ3n) is 23.6. The van der Waals surface area contributed by atoms with Crippen molar-refractivity contribution in [1.29, 1.82) is 0 Å². The second-order valence-corrected chi connectivity index (χ2v) is 37.2. The molecule has 0 saturated heterocycles. The average Bonchev–Trinajstić information content (AvgIpc) is 1.57. The van der Waals surface area contributed by atoms with Crippen LogP contribution in [0.15, 0.2) is 172 Å². The van der Waals surface area contributed by atoms with Crippen LogP contribution in [0.1, 0.15) is 229 Å². The standard InChI is InChI=1S/C18H26O2.C18H15S.C14H16O4.C12H17NO2.C12H18.C9H16F2O5S.C8H16O2/c1-6-17(2,3)16(19)20-18(4,5)15-11-13-9-7-8-10-14(13)12-15;1-4-10-16(11-5-1)19(17-12-6-2-7-13-17)18-14-8-3-9-15-18;1-4-14(2,3)13(16)18-10-5-6-11-9(7-10)8-17-12(11)15;1-4-12(2,3)11(15)13-9-6-5-7-10(14)8-9;1-2-8-5-7(1)11-9-3-4-10(6-9)12(8)11;1-5-8(3,4)7(12)16-6(2)9(10,11)17(13,14)15;1-5-8(3,4)7(9)10-6-2/h7-10,15H,6,11-12H2,1-5H3;1-15H;5-7H,4,8H2,1-3H3;5-8,14H,4H2,1-3H3,(H,13,15);7-12H,1-6H2;6H,5H2,1-4H3,(H,13,14,15);5-6H2,1-4H3/q;+1;;;;;/p-1. The molecule has 5 aliphatic carbocycles. The van der Waals surface area contributed by atoms with Gasteiger partial charge in [-0.2, -0.15) is 8.78 Å². The lowest BCUT2D eigenvalue weighted by Gasteiger charge is -2.34. The third kappa shape index (κ3) is 24.8. The predicted molar refractivity (Wildman–Crippen MR) is 433 cm³/mol. The molecule has 1 heterocycles. The molecule has 0 spiro atoms. The number of fused-ring (bicyclic) bond motifs is 11. The Morgan fingerprint density at radius 3 is 1.37 bits per heavy atom. The summed E-state index contributed by atoms with van der Waals surface area (Å²) >= 11 is 0. The molecule has 2 N–H and O–H groups in total. The Kier molecular flexibility index (Phi) is 32.9. The van der Waals surface area contributed by atoms with E-state index < -0.39 is 49.3 Å². The summed E-state index contributed by atoms with van der Waals surface area (Å²) in [4.78, 5) is 73.9. The minimum absolute atomic E-state index is 0.0146. The molecule has 4 bridgehead atoms. The first-order chi connectivity index (χ1) is 51.9. The zero-order valence-corrected chi connectivity index (χ0v) is 70.6.